The number of nitrogens with two attached hydrogens (primary N) is 1. The van der Waals surface area contributed by atoms with Crippen molar-refractivity contribution in [2.24, 2.45) is 5.84 Å². The zero-order valence-corrected chi connectivity index (χ0v) is 11.0. The molecule has 3 rings (SSSR count). The van der Waals surface area contributed by atoms with Gasteiger partial charge in [-0.3, -0.25) is 5.43 Å². The molecule has 2 aromatic rings. The molecule has 1 fully saturated rings. The van der Waals surface area contributed by atoms with Gasteiger partial charge in [0.25, 0.3) is 5.95 Å². The number of hydrogen-bond acceptors (Lipinski definition) is 8. The molecule has 9 heteroatoms. The third kappa shape index (κ3) is 2.61. The highest BCUT2D eigenvalue weighted by atomic mass is 32.2. The molecule has 0 amide bonds. The van der Waals surface area contributed by atoms with E-state index < -0.39 is 0 Å². The highest BCUT2D eigenvalue weighted by Crippen LogP contribution is 2.17. The van der Waals surface area contributed by atoms with E-state index in [0.717, 1.165) is 24.6 Å². The summed E-state index contributed by atoms with van der Waals surface area (Å²) in [4.78, 5) is 15.1. The molecule has 3 heterocycles. The summed E-state index contributed by atoms with van der Waals surface area (Å²) in [6.45, 7) is 1.86. The van der Waals surface area contributed by atoms with Crippen LogP contribution in [0.4, 0.5) is 11.9 Å². The molecule has 0 spiro atoms. The van der Waals surface area contributed by atoms with Crippen LogP contribution in [0.2, 0.25) is 0 Å². The van der Waals surface area contributed by atoms with E-state index in [0.29, 0.717) is 17.8 Å². The van der Waals surface area contributed by atoms with Crippen LogP contribution >= 0.6 is 11.8 Å². The number of nitrogens with one attached hydrogen (secondary N) is 1. The van der Waals surface area contributed by atoms with Crippen LogP contribution in [0.25, 0.3) is 5.95 Å². The quantitative estimate of drug-likeness (QED) is 0.593. The minimum atomic E-state index is 0.341. The summed E-state index contributed by atoms with van der Waals surface area (Å²) >= 11 is 1.93. The van der Waals surface area contributed by atoms with Crippen molar-refractivity contribution in [3.8, 4) is 5.95 Å². The van der Waals surface area contributed by atoms with Gasteiger partial charge in [-0.15, -0.1) is 0 Å². The number of thioether (sulfide) groups is 1. The number of hydrogen-bond donors (Lipinski definition) is 2. The second-order valence-electron chi connectivity index (χ2n) is 3.95. The lowest BCUT2D eigenvalue weighted by molar-refractivity contribution is 0.760. The number of aromatic nitrogens is 5. The van der Waals surface area contributed by atoms with Gasteiger partial charge >= 0.3 is 0 Å². The maximum absolute atomic E-state index is 5.42. The first-order valence-electron chi connectivity index (χ1n) is 5.92. The van der Waals surface area contributed by atoms with Crippen molar-refractivity contribution in [3.63, 3.8) is 0 Å². The molecule has 0 saturated carbocycles. The Kier molecular flexibility index (Phi) is 3.47. The second kappa shape index (κ2) is 5.41. The van der Waals surface area contributed by atoms with Gasteiger partial charge in [0, 0.05) is 37.0 Å². The van der Waals surface area contributed by atoms with Gasteiger partial charge < -0.3 is 4.90 Å². The first kappa shape index (κ1) is 12.2. The average Bonchev–Trinajstić information content (AvgIpc) is 3.02. The summed E-state index contributed by atoms with van der Waals surface area (Å²) in [5.74, 6) is 9.00. The summed E-state index contributed by atoms with van der Waals surface area (Å²) in [5.41, 5.74) is 2.47. The summed E-state index contributed by atoms with van der Waals surface area (Å²) < 4.78 is 1.59. The standard InChI is InChI=1S/C10H14N8S/c11-16-8-13-9(17-4-6-19-7-5-17)15-10(14-8)18-3-1-2-12-18/h1-3H,4-7,11H2,(H,13,14,15,16). The van der Waals surface area contributed by atoms with E-state index in [9.17, 15) is 0 Å². The van der Waals surface area contributed by atoms with Gasteiger partial charge in [-0.25, -0.2) is 10.5 Å². The van der Waals surface area contributed by atoms with Crippen LogP contribution < -0.4 is 16.2 Å². The minimum absolute atomic E-state index is 0.341. The van der Waals surface area contributed by atoms with Gasteiger partial charge in [0.2, 0.25) is 11.9 Å². The fourth-order valence-electron chi connectivity index (χ4n) is 1.81. The van der Waals surface area contributed by atoms with Gasteiger partial charge in [0.15, 0.2) is 0 Å². The van der Waals surface area contributed by atoms with Crippen molar-refractivity contribution in [2.75, 3.05) is 34.9 Å². The lowest BCUT2D eigenvalue weighted by Gasteiger charge is -2.26. The molecule has 0 atom stereocenters. The molecule has 0 radical (unpaired) electrons. The Balaban J connectivity index is 1.97. The van der Waals surface area contributed by atoms with Crippen molar-refractivity contribution in [2.45, 2.75) is 0 Å². The lowest BCUT2D eigenvalue weighted by Crippen LogP contribution is -2.34. The van der Waals surface area contributed by atoms with E-state index in [-0.39, 0.29) is 0 Å². The molecule has 100 valence electrons. The largest absolute Gasteiger partial charge is 0.339 e. The molecule has 0 unspecified atom stereocenters. The topological polar surface area (TPSA) is 97.8 Å². The van der Waals surface area contributed by atoms with Crippen molar-refractivity contribution in [1.29, 1.82) is 0 Å². The molecule has 0 aromatic carbocycles. The zero-order valence-electron chi connectivity index (χ0n) is 10.2. The van der Waals surface area contributed by atoms with Crippen LogP contribution in [-0.2, 0) is 0 Å². The van der Waals surface area contributed by atoms with Crippen LogP contribution in [0.15, 0.2) is 18.5 Å². The fraction of sp³-hybridized carbons (Fsp3) is 0.400. The summed E-state index contributed by atoms with van der Waals surface area (Å²) in [6.07, 6.45) is 3.46. The van der Waals surface area contributed by atoms with Crippen LogP contribution in [0.3, 0.4) is 0 Å². The maximum Gasteiger partial charge on any atom is 0.257 e. The highest BCUT2D eigenvalue weighted by molar-refractivity contribution is 7.99. The first-order chi connectivity index (χ1) is 9.36. The van der Waals surface area contributed by atoms with Crippen molar-refractivity contribution in [1.82, 2.24) is 24.7 Å². The Morgan fingerprint density at radius 3 is 2.63 bits per heavy atom. The van der Waals surface area contributed by atoms with Crippen LogP contribution in [0.5, 0.6) is 0 Å². The van der Waals surface area contributed by atoms with E-state index in [4.69, 9.17) is 5.84 Å². The van der Waals surface area contributed by atoms with Gasteiger partial charge in [0.05, 0.1) is 0 Å². The first-order valence-corrected chi connectivity index (χ1v) is 7.08. The molecule has 0 aliphatic carbocycles. The summed E-state index contributed by atoms with van der Waals surface area (Å²) in [6, 6.07) is 1.82. The third-order valence-electron chi connectivity index (χ3n) is 2.74. The van der Waals surface area contributed by atoms with Crippen molar-refractivity contribution in [3.05, 3.63) is 18.5 Å². The Bertz CT molecular complexity index is 536. The molecule has 2 aromatic heterocycles. The number of nitrogens with zero attached hydrogens (tertiary/aromatic N) is 6. The van der Waals surface area contributed by atoms with E-state index in [2.05, 4.69) is 30.4 Å². The van der Waals surface area contributed by atoms with Gasteiger partial charge in [0.1, 0.15) is 0 Å². The lowest BCUT2D eigenvalue weighted by atomic mass is 10.5. The SMILES string of the molecule is NNc1nc(N2CCSCC2)nc(-n2cccn2)n1. The third-order valence-corrected chi connectivity index (χ3v) is 3.69. The molecule has 8 nitrogen and oxygen atoms in total. The molecule has 1 saturated heterocycles. The van der Waals surface area contributed by atoms with Gasteiger partial charge in [-0.05, 0) is 6.07 Å². The average molecular weight is 278 g/mol. The van der Waals surface area contributed by atoms with E-state index in [1.54, 1.807) is 17.1 Å². The number of hydrazine groups is 1. The van der Waals surface area contributed by atoms with Crippen LogP contribution in [0.1, 0.15) is 0 Å². The highest BCUT2D eigenvalue weighted by Gasteiger charge is 2.16. The predicted octanol–water partition coefficient (Wildman–Crippen LogP) is -0.104. The molecule has 3 N–H and O–H groups in total. The zero-order chi connectivity index (χ0) is 13.1. The van der Waals surface area contributed by atoms with Gasteiger partial charge in [-0.2, -0.15) is 31.8 Å². The van der Waals surface area contributed by atoms with E-state index in [1.165, 1.54) is 0 Å². The van der Waals surface area contributed by atoms with Crippen LogP contribution in [-0.4, -0.2) is 49.3 Å². The van der Waals surface area contributed by atoms with Crippen molar-refractivity contribution < 1.29 is 0 Å². The smallest absolute Gasteiger partial charge is 0.257 e. The summed E-state index contributed by atoms with van der Waals surface area (Å²) in [5, 5.41) is 4.12. The fourth-order valence-corrected chi connectivity index (χ4v) is 2.72. The molecule has 1 aliphatic heterocycles. The number of rotatable bonds is 3. The second-order valence-corrected chi connectivity index (χ2v) is 5.18. The minimum Gasteiger partial charge on any atom is -0.339 e. The summed E-state index contributed by atoms with van der Waals surface area (Å²) in [7, 11) is 0. The van der Waals surface area contributed by atoms with E-state index >= 15 is 0 Å². The molecular weight excluding hydrogens is 264 g/mol. The molecular formula is C10H14N8S. The monoisotopic (exact) mass is 278 g/mol. The number of anilines is 2. The maximum atomic E-state index is 5.42. The Morgan fingerprint density at radius 1 is 1.16 bits per heavy atom. The number of nitrogen functional groups attached to an aromatic ring is 1. The Morgan fingerprint density at radius 2 is 1.95 bits per heavy atom. The van der Waals surface area contributed by atoms with Crippen LogP contribution in [0, 0.1) is 0 Å². The normalized spacial score (nSPS) is 15.5. The van der Waals surface area contributed by atoms with Crippen molar-refractivity contribution >= 4 is 23.7 Å². The Hall–Kier alpha value is -1.87. The predicted molar refractivity (Wildman–Crippen MR) is 74.3 cm³/mol. The molecule has 0 bridgehead atoms. The molecule has 1 aliphatic rings. The van der Waals surface area contributed by atoms with Gasteiger partial charge in [-0.1, -0.05) is 0 Å². The van der Waals surface area contributed by atoms with E-state index in [1.807, 2.05) is 17.8 Å². The molecule has 19 heavy (non-hydrogen) atoms. The Labute approximate surface area is 114 Å².